The van der Waals surface area contributed by atoms with Crippen LogP contribution in [0, 0.1) is 17.8 Å². The second kappa shape index (κ2) is 4.24. The van der Waals surface area contributed by atoms with Crippen molar-refractivity contribution in [1.29, 1.82) is 0 Å². The van der Waals surface area contributed by atoms with E-state index in [2.05, 4.69) is 10.2 Å². The summed E-state index contributed by atoms with van der Waals surface area (Å²) in [6.07, 6.45) is 10.4. The molecule has 17 heavy (non-hydrogen) atoms. The third-order valence-electron chi connectivity index (χ3n) is 5.68. The number of hydrogen-bond acceptors (Lipinski definition) is 2. The van der Waals surface area contributed by atoms with Gasteiger partial charge in [0.25, 0.3) is 0 Å². The molecular formula is C15H26N2. The average Bonchev–Trinajstić information content (AvgIpc) is 3.23. The molecule has 0 radical (unpaired) electrons. The van der Waals surface area contributed by atoms with Crippen LogP contribution in [0.25, 0.3) is 0 Å². The van der Waals surface area contributed by atoms with Crippen molar-refractivity contribution >= 4 is 0 Å². The van der Waals surface area contributed by atoms with Gasteiger partial charge in [0.15, 0.2) is 0 Å². The van der Waals surface area contributed by atoms with Crippen LogP contribution in [0.3, 0.4) is 0 Å². The van der Waals surface area contributed by atoms with Gasteiger partial charge in [-0.2, -0.15) is 0 Å². The molecular weight excluding hydrogens is 208 g/mol. The Hall–Kier alpha value is -0.0800. The summed E-state index contributed by atoms with van der Waals surface area (Å²) in [7, 11) is 0. The standard InChI is InChI=1S/C15H26N2/c1-2-15-14(7-9-17(15)8-1)16-10-13(11-3-4-11)12-5-6-12/h11-16H,1-10H2. The van der Waals surface area contributed by atoms with Crippen LogP contribution in [-0.4, -0.2) is 36.6 Å². The van der Waals surface area contributed by atoms with Crippen molar-refractivity contribution in [3.63, 3.8) is 0 Å². The summed E-state index contributed by atoms with van der Waals surface area (Å²) in [5.74, 6) is 3.26. The van der Waals surface area contributed by atoms with Gasteiger partial charge < -0.3 is 5.32 Å². The van der Waals surface area contributed by atoms with Gasteiger partial charge in [-0.25, -0.2) is 0 Å². The molecule has 0 bridgehead atoms. The molecule has 2 unspecified atom stereocenters. The maximum absolute atomic E-state index is 3.95. The minimum Gasteiger partial charge on any atom is -0.312 e. The van der Waals surface area contributed by atoms with E-state index in [1.807, 2.05) is 0 Å². The van der Waals surface area contributed by atoms with Gasteiger partial charge in [-0.1, -0.05) is 0 Å². The van der Waals surface area contributed by atoms with Gasteiger partial charge in [0.2, 0.25) is 0 Å². The molecule has 0 aromatic carbocycles. The molecule has 4 rings (SSSR count). The number of rotatable bonds is 5. The zero-order chi connectivity index (χ0) is 11.2. The van der Waals surface area contributed by atoms with Gasteiger partial charge in [0.1, 0.15) is 0 Å². The molecule has 96 valence electrons. The molecule has 0 spiro atoms. The highest BCUT2D eigenvalue weighted by atomic mass is 15.2. The maximum atomic E-state index is 3.95. The molecule has 2 saturated carbocycles. The van der Waals surface area contributed by atoms with E-state index in [0.717, 1.165) is 29.8 Å². The van der Waals surface area contributed by atoms with Gasteiger partial charge in [0.05, 0.1) is 0 Å². The summed E-state index contributed by atoms with van der Waals surface area (Å²) < 4.78 is 0. The lowest BCUT2D eigenvalue weighted by molar-refractivity contribution is 0.283. The fourth-order valence-corrected chi connectivity index (χ4v) is 4.38. The normalized spacial score (nSPS) is 37.9. The number of nitrogens with zero attached hydrogens (tertiary/aromatic N) is 1. The highest BCUT2D eigenvalue weighted by Crippen LogP contribution is 2.49. The Morgan fingerprint density at radius 3 is 2.41 bits per heavy atom. The Morgan fingerprint density at radius 1 is 0.941 bits per heavy atom. The molecule has 2 atom stereocenters. The number of fused-ring (bicyclic) bond motifs is 1. The van der Waals surface area contributed by atoms with Crippen molar-refractivity contribution in [2.45, 2.75) is 57.0 Å². The van der Waals surface area contributed by atoms with Crippen LogP contribution >= 0.6 is 0 Å². The van der Waals surface area contributed by atoms with Crippen LogP contribution in [0.2, 0.25) is 0 Å². The topological polar surface area (TPSA) is 15.3 Å². The molecule has 0 amide bonds. The van der Waals surface area contributed by atoms with E-state index >= 15 is 0 Å². The Balaban J connectivity index is 1.31. The minimum absolute atomic E-state index is 0.831. The van der Waals surface area contributed by atoms with E-state index in [0.29, 0.717) is 0 Å². The summed E-state index contributed by atoms with van der Waals surface area (Å²) >= 11 is 0. The molecule has 2 saturated heterocycles. The van der Waals surface area contributed by atoms with Gasteiger partial charge in [-0.05, 0) is 75.8 Å². The first-order valence-corrected chi connectivity index (χ1v) is 7.89. The van der Waals surface area contributed by atoms with Gasteiger partial charge >= 0.3 is 0 Å². The fourth-order valence-electron chi connectivity index (χ4n) is 4.38. The van der Waals surface area contributed by atoms with E-state index in [4.69, 9.17) is 0 Å². The average molecular weight is 234 g/mol. The monoisotopic (exact) mass is 234 g/mol. The molecule has 2 aliphatic carbocycles. The molecule has 2 nitrogen and oxygen atoms in total. The van der Waals surface area contributed by atoms with Crippen molar-refractivity contribution < 1.29 is 0 Å². The maximum Gasteiger partial charge on any atom is 0.0250 e. The second-order valence-corrected chi connectivity index (χ2v) is 6.89. The Kier molecular flexibility index (Phi) is 2.69. The Morgan fingerprint density at radius 2 is 1.71 bits per heavy atom. The van der Waals surface area contributed by atoms with Crippen LogP contribution in [0.4, 0.5) is 0 Å². The molecule has 2 heteroatoms. The molecule has 2 aliphatic heterocycles. The summed E-state index contributed by atoms with van der Waals surface area (Å²) in [4.78, 5) is 2.72. The quantitative estimate of drug-likeness (QED) is 0.785. The van der Waals surface area contributed by atoms with Gasteiger partial charge in [0, 0.05) is 18.6 Å². The van der Waals surface area contributed by atoms with E-state index in [-0.39, 0.29) is 0 Å². The van der Waals surface area contributed by atoms with E-state index in [9.17, 15) is 0 Å². The fraction of sp³-hybridized carbons (Fsp3) is 1.00. The zero-order valence-electron chi connectivity index (χ0n) is 10.9. The SMILES string of the molecule is C1CC2C(NCC(C3CC3)C3CC3)CCN2C1. The van der Waals surface area contributed by atoms with Crippen molar-refractivity contribution in [1.82, 2.24) is 10.2 Å². The largest absolute Gasteiger partial charge is 0.312 e. The van der Waals surface area contributed by atoms with Crippen molar-refractivity contribution in [3.05, 3.63) is 0 Å². The van der Waals surface area contributed by atoms with E-state index < -0.39 is 0 Å². The number of nitrogens with one attached hydrogen (secondary N) is 1. The second-order valence-electron chi connectivity index (χ2n) is 6.89. The molecule has 2 heterocycles. The zero-order valence-corrected chi connectivity index (χ0v) is 10.9. The molecule has 0 aromatic heterocycles. The Labute approximate surface area is 105 Å². The van der Waals surface area contributed by atoms with Gasteiger partial charge in [-0.15, -0.1) is 0 Å². The van der Waals surface area contributed by atoms with Gasteiger partial charge in [-0.3, -0.25) is 4.90 Å². The molecule has 4 fully saturated rings. The Bertz CT molecular complexity index is 271. The van der Waals surface area contributed by atoms with Crippen LogP contribution in [0.1, 0.15) is 44.9 Å². The smallest absolute Gasteiger partial charge is 0.0250 e. The predicted octanol–water partition coefficient (Wildman–Crippen LogP) is 2.25. The summed E-state index contributed by atoms with van der Waals surface area (Å²) in [5.41, 5.74) is 0. The lowest BCUT2D eigenvalue weighted by Gasteiger charge is -2.24. The third kappa shape index (κ3) is 2.15. The van der Waals surface area contributed by atoms with Crippen molar-refractivity contribution in [2.24, 2.45) is 17.8 Å². The summed E-state index contributed by atoms with van der Waals surface area (Å²) in [6, 6.07) is 1.73. The van der Waals surface area contributed by atoms with Crippen LogP contribution in [0.15, 0.2) is 0 Å². The van der Waals surface area contributed by atoms with Crippen LogP contribution < -0.4 is 5.32 Å². The van der Waals surface area contributed by atoms with E-state index in [1.165, 1.54) is 64.6 Å². The summed E-state index contributed by atoms with van der Waals surface area (Å²) in [6.45, 7) is 4.07. The van der Waals surface area contributed by atoms with E-state index in [1.54, 1.807) is 0 Å². The first-order chi connectivity index (χ1) is 8.42. The third-order valence-corrected chi connectivity index (χ3v) is 5.68. The van der Waals surface area contributed by atoms with Crippen molar-refractivity contribution in [3.8, 4) is 0 Å². The highest BCUT2D eigenvalue weighted by molar-refractivity contribution is 4.98. The predicted molar refractivity (Wildman–Crippen MR) is 69.9 cm³/mol. The number of hydrogen-bond donors (Lipinski definition) is 1. The summed E-state index contributed by atoms with van der Waals surface area (Å²) in [5, 5.41) is 3.95. The minimum atomic E-state index is 0.831. The molecule has 0 aromatic rings. The lowest BCUT2D eigenvalue weighted by atomic mass is 9.96. The van der Waals surface area contributed by atoms with Crippen LogP contribution in [-0.2, 0) is 0 Å². The highest BCUT2D eigenvalue weighted by Gasteiger charge is 2.42. The first-order valence-electron chi connectivity index (χ1n) is 7.89. The lowest BCUT2D eigenvalue weighted by Crippen LogP contribution is -2.41. The van der Waals surface area contributed by atoms with Crippen LogP contribution in [0.5, 0.6) is 0 Å². The molecule has 4 aliphatic rings. The van der Waals surface area contributed by atoms with Crippen molar-refractivity contribution in [2.75, 3.05) is 19.6 Å². The first kappa shape index (κ1) is 10.8. The molecule has 1 N–H and O–H groups in total.